The van der Waals surface area contributed by atoms with Crippen LogP contribution in [-0.2, 0) is 16.9 Å². The number of fused-ring (bicyclic) bond motifs is 1. The number of halogens is 1. The molecule has 0 saturated carbocycles. The van der Waals surface area contributed by atoms with Crippen molar-refractivity contribution in [3.05, 3.63) is 100 Å². The highest BCUT2D eigenvalue weighted by molar-refractivity contribution is 6.10. The van der Waals surface area contributed by atoms with Gasteiger partial charge in [-0.2, -0.15) is 0 Å². The Morgan fingerprint density at radius 3 is 2.43 bits per heavy atom. The lowest BCUT2D eigenvalue weighted by Crippen LogP contribution is -2.41. The fourth-order valence-corrected chi connectivity index (χ4v) is 4.00. The number of hydrogen-bond acceptors (Lipinski definition) is 3. The topological polar surface area (TPSA) is 57.6 Å². The van der Waals surface area contributed by atoms with Gasteiger partial charge in [0.05, 0.1) is 18.7 Å². The van der Waals surface area contributed by atoms with Crippen molar-refractivity contribution >= 4 is 17.4 Å². The van der Waals surface area contributed by atoms with Crippen molar-refractivity contribution in [3.63, 3.8) is 0 Å². The smallest absolute Gasteiger partial charge is 0.264 e. The van der Waals surface area contributed by atoms with Crippen molar-refractivity contribution < 1.29 is 19.1 Å². The van der Waals surface area contributed by atoms with Gasteiger partial charge in [-0.1, -0.05) is 42.0 Å². The van der Waals surface area contributed by atoms with Gasteiger partial charge in [0, 0.05) is 11.1 Å². The van der Waals surface area contributed by atoms with Crippen molar-refractivity contribution in [3.8, 4) is 0 Å². The molecule has 0 fully saturated rings. The lowest BCUT2D eigenvalue weighted by atomic mass is 9.88. The number of aliphatic hydroxyl groups is 1. The van der Waals surface area contributed by atoms with Crippen LogP contribution in [0.1, 0.15) is 39.0 Å². The van der Waals surface area contributed by atoms with Crippen LogP contribution in [-0.4, -0.2) is 16.8 Å². The van der Waals surface area contributed by atoms with Gasteiger partial charge in [0.15, 0.2) is 11.4 Å². The quantitative estimate of drug-likeness (QED) is 0.641. The third kappa shape index (κ3) is 3.42. The van der Waals surface area contributed by atoms with E-state index in [9.17, 15) is 19.1 Å². The van der Waals surface area contributed by atoms with Crippen molar-refractivity contribution in [1.82, 2.24) is 0 Å². The summed E-state index contributed by atoms with van der Waals surface area (Å²) in [6.45, 7) is 4.29. The summed E-state index contributed by atoms with van der Waals surface area (Å²) in [4.78, 5) is 27.7. The van der Waals surface area contributed by atoms with Gasteiger partial charge in [0.1, 0.15) is 5.82 Å². The molecule has 0 bridgehead atoms. The summed E-state index contributed by atoms with van der Waals surface area (Å²) in [5.74, 6) is -1.40. The number of anilines is 1. The Bertz CT molecular complexity index is 1140. The molecule has 0 spiro atoms. The number of hydrogen-bond donors (Lipinski definition) is 1. The Balaban J connectivity index is 1.68. The van der Waals surface area contributed by atoms with E-state index < -0.39 is 29.5 Å². The molecule has 30 heavy (non-hydrogen) atoms. The zero-order valence-corrected chi connectivity index (χ0v) is 16.9. The van der Waals surface area contributed by atoms with Crippen LogP contribution in [0.15, 0.2) is 66.7 Å². The molecule has 5 heteroatoms. The number of carbonyl (C=O) groups excluding carboxylic acids is 2. The third-order valence-electron chi connectivity index (χ3n) is 5.65. The van der Waals surface area contributed by atoms with E-state index in [1.165, 1.54) is 29.2 Å². The first-order valence-corrected chi connectivity index (χ1v) is 9.78. The summed E-state index contributed by atoms with van der Waals surface area (Å²) in [5.41, 5.74) is 2.46. The van der Waals surface area contributed by atoms with Gasteiger partial charge >= 0.3 is 0 Å². The molecule has 0 aliphatic carbocycles. The van der Waals surface area contributed by atoms with Gasteiger partial charge in [0.25, 0.3) is 5.91 Å². The molecule has 3 aromatic rings. The van der Waals surface area contributed by atoms with Gasteiger partial charge in [-0.15, -0.1) is 0 Å². The van der Waals surface area contributed by atoms with Crippen molar-refractivity contribution in [1.29, 1.82) is 0 Å². The second-order valence-electron chi connectivity index (χ2n) is 7.81. The Kier molecular flexibility index (Phi) is 5.00. The van der Waals surface area contributed by atoms with Gasteiger partial charge in [-0.25, -0.2) is 4.39 Å². The Labute approximate surface area is 174 Å². The van der Waals surface area contributed by atoms with Crippen LogP contribution in [0, 0.1) is 19.7 Å². The highest BCUT2D eigenvalue weighted by Crippen LogP contribution is 2.43. The summed E-state index contributed by atoms with van der Waals surface area (Å²) in [6.07, 6.45) is -0.405. The molecule has 0 unspecified atom stereocenters. The van der Waals surface area contributed by atoms with Crippen LogP contribution in [0.5, 0.6) is 0 Å². The van der Waals surface area contributed by atoms with Gasteiger partial charge in [-0.3, -0.25) is 9.59 Å². The fourth-order valence-electron chi connectivity index (χ4n) is 4.00. The average Bonchev–Trinajstić information content (AvgIpc) is 2.92. The molecular weight excluding hydrogens is 381 g/mol. The van der Waals surface area contributed by atoms with Crippen LogP contribution in [0.2, 0.25) is 0 Å². The first-order valence-electron chi connectivity index (χ1n) is 9.78. The van der Waals surface area contributed by atoms with Crippen LogP contribution < -0.4 is 4.90 Å². The number of amides is 1. The number of Topliss-reactive ketones (excluding diaryl/α,β-unsaturated/α-hetero) is 1. The van der Waals surface area contributed by atoms with E-state index in [1.54, 1.807) is 24.3 Å². The Morgan fingerprint density at radius 1 is 1.03 bits per heavy atom. The summed E-state index contributed by atoms with van der Waals surface area (Å²) in [5, 5.41) is 11.4. The number of carbonyl (C=O) groups is 2. The molecule has 0 radical (unpaired) electrons. The Morgan fingerprint density at radius 2 is 1.73 bits per heavy atom. The predicted molar refractivity (Wildman–Crippen MR) is 113 cm³/mol. The number of nitrogens with zero attached hydrogens (tertiary/aromatic N) is 1. The fraction of sp³-hybridized carbons (Fsp3) is 0.200. The standard InChI is InChI=1S/C25H22FNO3/c1-16-7-8-19(17(2)13-16)15-27-22-6-4-3-5-21(22)25(30,24(27)29)14-23(28)18-9-11-20(26)12-10-18/h3-13,30H,14-15H2,1-2H3/t25-/m0/s1. The lowest BCUT2D eigenvalue weighted by molar-refractivity contribution is -0.136. The largest absolute Gasteiger partial charge is 0.375 e. The molecule has 1 N–H and O–H groups in total. The second kappa shape index (κ2) is 7.50. The monoisotopic (exact) mass is 403 g/mol. The van der Waals surface area contributed by atoms with E-state index in [-0.39, 0.29) is 5.56 Å². The molecule has 1 heterocycles. The highest BCUT2D eigenvalue weighted by Gasteiger charge is 2.50. The van der Waals surface area contributed by atoms with E-state index >= 15 is 0 Å². The van der Waals surface area contributed by atoms with Crippen LogP contribution in [0.25, 0.3) is 0 Å². The molecular formula is C25H22FNO3. The molecule has 0 saturated heterocycles. The molecule has 3 aromatic carbocycles. The van der Waals surface area contributed by atoms with Crippen LogP contribution >= 0.6 is 0 Å². The van der Waals surface area contributed by atoms with E-state index in [1.807, 2.05) is 32.0 Å². The molecule has 4 nitrogen and oxygen atoms in total. The maximum absolute atomic E-state index is 13.4. The molecule has 1 atom stereocenters. The van der Waals surface area contributed by atoms with Crippen LogP contribution in [0.4, 0.5) is 10.1 Å². The average molecular weight is 403 g/mol. The number of rotatable bonds is 5. The summed E-state index contributed by atoms with van der Waals surface area (Å²) < 4.78 is 13.2. The number of benzene rings is 3. The van der Waals surface area contributed by atoms with Crippen molar-refractivity contribution in [2.24, 2.45) is 0 Å². The lowest BCUT2D eigenvalue weighted by Gasteiger charge is -2.23. The first-order chi connectivity index (χ1) is 14.3. The molecule has 4 rings (SSSR count). The molecule has 1 aliphatic heterocycles. The number of aryl methyl sites for hydroxylation is 2. The van der Waals surface area contributed by atoms with Gasteiger partial charge in [0.2, 0.25) is 0 Å². The minimum atomic E-state index is -1.96. The Hall–Kier alpha value is -3.31. The minimum Gasteiger partial charge on any atom is -0.375 e. The summed E-state index contributed by atoms with van der Waals surface area (Å²) in [7, 11) is 0. The molecule has 0 aromatic heterocycles. The van der Waals surface area contributed by atoms with E-state index in [0.29, 0.717) is 17.8 Å². The second-order valence-corrected chi connectivity index (χ2v) is 7.81. The number of para-hydroxylation sites is 1. The van der Waals surface area contributed by atoms with E-state index in [2.05, 4.69) is 0 Å². The molecule has 1 amide bonds. The molecule has 1 aliphatic rings. The zero-order chi connectivity index (χ0) is 21.5. The number of ketones is 1. The summed E-state index contributed by atoms with van der Waals surface area (Å²) >= 11 is 0. The maximum atomic E-state index is 13.4. The minimum absolute atomic E-state index is 0.253. The van der Waals surface area contributed by atoms with Gasteiger partial charge in [-0.05, 0) is 55.3 Å². The van der Waals surface area contributed by atoms with Crippen LogP contribution in [0.3, 0.4) is 0 Å². The van der Waals surface area contributed by atoms with Crippen molar-refractivity contribution in [2.45, 2.75) is 32.4 Å². The zero-order valence-electron chi connectivity index (χ0n) is 16.9. The molecule has 152 valence electrons. The maximum Gasteiger partial charge on any atom is 0.264 e. The van der Waals surface area contributed by atoms with Gasteiger partial charge < -0.3 is 10.0 Å². The van der Waals surface area contributed by atoms with E-state index in [0.717, 1.165) is 16.7 Å². The highest BCUT2D eigenvalue weighted by atomic mass is 19.1. The SMILES string of the molecule is Cc1ccc(CN2C(=O)[C@](O)(CC(=O)c3ccc(F)cc3)c3ccccc32)c(C)c1. The normalized spacial score (nSPS) is 17.9. The predicted octanol–water partition coefficient (Wildman–Crippen LogP) is 4.45. The van der Waals surface area contributed by atoms with E-state index in [4.69, 9.17) is 0 Å². The van der Waals surface area contributed by atoms with Crippen molar-refractivity contribution in [2.75, 3.05) is 4.90 Å². The first kappa shape index (κ1) is 20.0. The summed E-state index contributed by atoms with van der Waals surface area (Å²) in [6, 6.07) is 18.1. The third-order valence-corrected chi connectivity index (χ3v) is 5.65.